The molecule has 0 aliphatic rings. The number of nitrogens with one attached hydrogen (secondary N) is 1. The Morgan fingerprint density at radius 2 is 1.71 bits per heavy atom. The number of hydrogen-bond acceptors (Lipinski definition) is 4. The molecule has 0 spiro atoms. The second kappa shape index (κ2) is 8.04. The van der Waals surface area contributed by atoms with E-state index in [1.54, 1.807) is 18.5 Å². The molecule has 3 rings (SSSR count). The number of halogens is 1. The number of aryl methyl sites for hydroxylation is 1. The molecule has 1 N–H and O–H groups in total. The van der Waals surface area contributed by atoms with Crippen LogP contribution < -0.4 is 5.32 Å². The fourth-order valence-corrected chi connectivity index (χ4v) is 2.81. The van der Waals surface area contributed by atoms with Crippen LogP contribution in [0.2, 0.25) is 0 Å². The zero-order valence-corrected chi connectivity index (χ0v) is 15.8. The molecule has 0 aliphatic carbocycles. The van der Waals surface area contributed by atoms with Gasteiger partial charge in [-0.05, 0) is 57.2 Å². The van der Waals surface area contributed by atoms with E-state index in [0.29, 0.717) is 22.6 Å². The molecule has 3 aromatic rings. The third kappa shape index (κ3) is 4.09. The molecule has 0 saturated carbocycles. The molecule has 1 heterocycles. The van der Waals surface area contributed by atoms with Crippen molar-refractivity contribution in [1.29, 1.82) is 0 Å². The topological polar surface area (TPSA) is 73.2 Å². The second-order valence-electron chi connectivity index (χ2n) is 6.34. The van der Waals surface area contributed by atoms with E-state index in [1.807, 2.05) is 30.3 Å². The van der Waals surface area contributed by atoms with E-state index in [1.165, 1.54) is 31.2 Å². The third-order valence-electron chi connectivity index (χ3n) is 4.26. The van der Waals surface area contributed by atoms with Crippen LogP contribution in [0.5, 0.6) is 0 Å². The number of esters is 1. The number of amides is 1. The normalized spacial score (nSPS) is 11.7. The minimum Gasteiger partial charge on any atom is -0.449 e. The predicted molar refractivity (Wildman–Crippen MR) is 103 cm³/mol. The number of anilines is 1. The lowest BCUT2D eigenvalue weighted by Gasteiger charge is -2.14. The van der Waals surface area contributed by atoms with E-state index < -0.39 is 23.8 Å². The molecular formula is C21H20FN3O3. The van der Waals surface area contributed by atoms with Crippen LogP contribution in [0.4, 0.5) is 10.1 Å². The summed E-state index contributed by atoms with van der Waals surface area (Å²) in [4.78, 5) is 24.9. The highest BCUT2D eigenvalue weighted by molar-refractivity contribution is 5.98. The van der Waals surface area contributed by atoms with E-state index in [-0.39, 0.29) is 0 Å². The van der Waals surface area contributed by atoms with Crippen molar-refractivity contribution in [3.8, 4) is 5.69 Å². The number of ether oxygens (including phenoxy) is 1. The van der Waals surface area contributed by atoms with Crippen molar-refractivity contribution in [3.63, 3.8) is 0 Å². The van der Waals surface area contributed by atoms with Gasteiger partial charge in [0.1, 0.15) is 11.4 Å². The van der Waals surface area contributed by atoms with Gasteiger partial charge in [-0.1, -0.05) is 18.2 Å². The van der Waals surface area contributed by atoms with E-state index >= 15 is 0 Å². The number of carbonyl (C=O) groups excluding carboxylic acids is 2. The van der Waals surface area contributed by atoms with Crippen LogP contribution in [0.3, 0.4) is 0 Å². The summed E-state index contributed by atoms with van der Waals surface area (Å²) in [7, 11) is 0. The van der Waals surface area contributed by atoms with Gasteiger partial charge >= 0.3 is 5.97 Å². The van der Waals surface area contributed by atoms with Gasteiger partial charge in [0.05, 0.1) is 17.1 Å². The fraction of sp³-hybridized carbons (Fsp3) is 0.190. The van der Waals surface area contributed by atoms with Crippen molar-refractivity contribution in [2.75, 3.05) is 5.32 Å². The number of para-hydroxylation sites is 1. The maximum atomic E-state index is 13.0. The molecule has 1 aromatic heterocycles. The number of hydrogen-bond donors (Lipinski definition) is 1. The summed E-state index contributed by atoms with van der Waals surface area (Å²) in [6.07, 6.45) is -1.03. The largest absolute Gasteiger partial charge is 0.449 e. The second-order valence-corrected chi connectivity index (χ2v) is 6.34. The number of carbonyl (C=O) groups is 2. The molecule has 1 atom stereocenters. The zero-order valence-electron chi connectivity index (χ0n) is 15.8. The monoisotopic (exact) mass is 381 g/mol. The predicted octanol–water partition coefficient (Wildman–Crippen LogP) is 3.81. The molecule has 0 bridgehead atoms. The maximum absolute atomic E-state index is 13.0. The molecule has 0 saturated heterocycles. The molecule has 0 aliphatic heterocycles. The number of rotatable bonds is 5. The zero-order chi connectivity index (χ0) is 20.3. The first-order valence-corrected chi connectivity index (χ1v) is 8.76. The van der Waals surface area contributed by atoms with Crippen LogP contribution >= 0.6 is 0 Å². The Hall–Kier alpha value is -3.48. The van der Waals surface area contributed by atoms with Crippen molar-refractivity contribution < 1.29 is 18.7 Å². The smallest absolute Gasteiger partial charge is 0.342 e. The molecule has 0 fully saturated rings. The van der Waals surface area contributed by atoms with E-state index in [9.17, 15) is 14.0 Å². The Bertz CT molecular complexity index is 998. The first kappa shape index (κ1) is 19.3. The standard InChI is InChI=1S/C21H20FN3O3/c1-13-19(14(2)25(24-13)18-7-5-4-6-8-18)21(27)28-15(3)20(26)23-17-11-9-16(22)10-12-17/h4-12,15H,1-3H3,(H,23,26)/t15-/m0/s1. The van der Waals surface area contributed by atoms with Gasteiger partial charge in [0.15, 0.2) is 6.10 Å². The maximum Gasteiger partial charge on any atom is 0.342 e. The first-order chi connectivity index (χ1) is 13.4. The lowest BCUT2D eigenvalue weighted by atomic mass is 10.2. The molecule has 6 nitrogen and oxygen atoms in total. The lowest BCUT2D eigenvalue weighted by molar-refractivity contribution is -0.123. The lowest BCUT2D eigenvalue weighted by Crippen LogP contribution is -2.30. The Labute approximate surface area is 161 Å². The molecule has 2 aromatic carbocycles. The SMILES string of the molecule is Cc1nn(-c2ccccc2)c(C)c1C(=O)O[C@@H](C)C(=O)Nc1ccc(F)cc1. The van der Waals surface area contributed by atoms with Gasteiger partial charge in [-0.15, -0.1) is 0 Å². The van der Waals surface area contributed by atoms with Crippen LogP contribution in [0.15, 0.2) is 54.6 Å². The first-order valence-electron chi connectivity index (χ1n) is 8.76. The third-order valence-corrected chi connectivity index (χ3v) is 4.26. The molecule has 0 unspecified atom stereocenters. The average molecular weight is 381 g/mol. The molecule has 7 heteroatoms. The van der Waals surface area contributed by atoms with Crippen LogP contribution in [-0.4, -0.2) is 27.8 Å². The summed E-state index contributed by atoms with van der Waals surface area (Å²) < 4.78 is 19.9. The van der Waals surface area contributed by atoms with E-state index in [0.717, 1.165) is 5.69 Å². The number of aromatic nitrogens is 2. The van der Waals surface area contributed by atoms with Gasteiger partial charge in [0.25, 0.3) is 5.91 Å². The van der Waals surface area contributed by atoms with Crippen LogP contribution in [0.25, 0.3) is 5.69 Å². The van der Waals surface area contributed by atoms with Crippen molar-refractivity contribution in [3.05, 3.63) is 77.4 Å². The Morgan fingerprint density at radius 3 is 2.36 bits per heavy atom. The summed E-state index contributed by atoms with van der Waals surface area (Å²) in [6, 6.07) is 14.7. The van der Waals surface area contributed by atoms with E-state index in [2.05, 4.69) is 10.4 Å². The van der Waals surface area contributed by atoms with Gasteiger partial charge in [-0.3, -0.25) is 4.79 Å². The van der Waals surface area contributed by atoms with Crippen molar-refractivity contribution in [2.45, 2.75) is 26.9 Å². The Balaban J connectivity index is 1.73. The molecular weight excluding hydrogens is 361 g/mol. The van der Waals surface area contributed by atoms with E-state index in [4.69, 9.17) is 4.74 Å². The highest BCUT2D eigenvalue weighted by Gasteiger charge is 2.25. The summed E-state index contributed by atoms with van der Waals surface area (Å²) in [5.74, 6) is -1.54. The van der Waals surface area contributed by atoms with Crippen LogP contribution in [0, 0.1) is 19.7 Å². The highest BCUT2D eigenvalue weighted by Crippen LogP contribution is 2.19. The van der Waals surface area contributed by atoms with Crippen molar-refractivity contribution in [2.24, 2.45) is 0 Å². The molecule has 1 amide bonds. The Kier molecular flexibility index (Phi) is 5.54. The summed E-state index contributed by atoms with van der Waals surface area (Å²) in [5.41, 5.74) is 2.70. The minimum atomic E-state index is -1.03. The van der Waals surface area contributed by atoms with Gasteiger partial charge in [0.2, 0.25) is 0 Å². The van der Waals surface area contributed by atoms with Gasteiger partial charge in [-0.25, -0.2) is 13.9 Å². The number of nitrogens with zero attached hydrogens (tertiary/aromatic N) is 2. The quantitative estimate of drug-likeness (QED) is 0.682. The molecule has 28 heavy (non-hydrogen) atoms. The van der Waals surface area contributed by atoms with Crippen molar-refractivity contribution >= 4 is 17.6 Å². The number of benzene rings is 2. The molecule has 144 valence electrons. The van der Waals surface area contributed by atoms with Crippen molar-refractivity contribution in [1.82, 2.24) is 9.78 Å². The van der Waals surface area contributed by atoms with Crippen LogP contribution in [-0.2, 0) is 9.53 Å². The van der Waals surface area contributed by atoms with Crippen LogP contribution in [0.1, 0.15) is 28.7 Å². The molecule has 0 radical (unpaired) electrons. The Morgan fingerprint density at radius 1 is 1.07 bits per heavy atom. The summed E-state index contributed by atoms with van der Waals surface area (Å²) in [6.45, 7) is 4.96. The van der Waals surface area contributed by atoms with Gasteiger partial charge < -0.3 is 10.1 Å². The fourth-order valence-electron chi connectivity index (χ4n) is 2.81. The average Bonchev–Trinajstić information content (AvgIpc) is 2.98. The minimum absolute atomic E-state index is 0.324. The van der Waals surface area contributed by atoms with Gasteiger partial charge in [0, 0.05) is 5.69 Å². The summed E-state index contributed by atoms with van der Waals surface area (Å²) in [5, 5.41) is 6.99. The highest BCUT2D eigenvalue weighted by atomic mass is 19.1. The summed E-state index contributed by atoms with van der Waals surface area (Å²) >= 11 is 0. The van der Waals surface area contributed by atoms with Gasteiger partial charge in [-0.2, -0.15) is 5.10 Å².